The summed E-state index contributed by atoms with van der Waals surface area (Å²) < 4.78 is 35.0. The average Bonchev–Trinajstić information content (AvgIpc) is 2.80. The molecule has 32 heavy (non-hydrogen) atoms. The molecular weight excluding hydrogens is 429 g/mol. The lowest BCUT2D eigenvalue weighted by Gasteiger charge is -2.14. The standard InChI is InChI=1S/C24H20FN3O3S/c25-20-10-8-19(9-11-20)23-22(18-6-4-16(5-7-18)15-32(30)31)14-27-28(24(23)29)21-3-1-2-17(12-21)13-26/h1-12,14H,13,15,26H2,(H,30,31). The Kier molecular flexibility index (Phi) is 6.36. The molecule has 0 spiro atoms. The van der Waals surface area contributed by atoms with Crippen LogP contribution in [0.25, 0.3) is 27.9 Å². The summed E-state index contributed by atoms with van der Waals surface area (Å²) in [7, 11) is 0. The van der Waals surface area contributed by atoms with Gasteiger partial charge in [0.1, 0.15) is 5.82 Å². The smallest absolute Gasteiger partial charge is 0.279 e. The van der Waals surface area contributed by atoms with Crippen LogP contribution in [-0.2, 0) is 23.4 Å². The van der Waals surface area contributed by atoms with Gasteiger partial charge < -0.3 is 10.3 Å². The van der Waals surface area contributed by atoms with Crippen molar-refractivity contribution in [1.82, 2.24) is 9.78 Å². The van der Waals surface area contributed by atoms with Crippen LogP contribution in [0.15, 0.2) is 83.8 Å². The number of rotatable bonds is 6. The second-order valence-electron chi connectivity index (χ2n) is 7.19. The molecule has 0 saturated carbocycles. The van der Waals surface area contributed by atoms with Gasteiger partial charge in [0.25, 0.3) is 5.56 Å². The molecule has 1 heterocycles. The summed E-state index contributed by atoms with van der Waals surface area (Å²) in [5.74, 6) is -0.385. The maximum atomic E-state index is 13.6. The number of benzene rings is 3. The van der Waals surface area contributed by atoms with Gasteiger partial charge >= 0.3 is 0 Å². The predicted octanol–water partition coefficient (Wildman–Crippen LogP) is 3.89. The SMILES string of the molecule is NCc1cccc(-n2ncc(-c3ccc(CS(=O)O)cc3)c(-c3ccc(F)cc3)c2=O)c1. The van der Waals surface area contributed by atoms with Gasteiger partial charge in [-0.2, -0.15) is 9.78 Å². The zero-order valence-electron chi connectivity index (χ0n) is 16.9. The van der Waals surface area contributed by atoms with Crippen molar-refractivity contribution in [3.05, 3.63) is 106 Å². The molecule has 0 aliphatic heterocycles. The highest BCUT2D eigenvalue weighted by atomic mass is 32.2. The minimum Gasteiger partial charge on any atom is -0.326 e. The molecule has 4 aromatic rings. The Morgan fingerprint density at radius 2 is 1.66 bits per heavy atom. The molecule has 6 nitrogen and oxygen atoms in total. The van der Waals surface area contributed by atoms with Gasteiger partial charge in [-0.25, -0.2) is 8.60 Å². The summed E-state index contributed by atoms with van der Waals surface area (Å²) >= 11 is -1.94. The largest absolute Gasteiger partial charge is 0.326 e. The van der Waals surface area contributed by atoms with Crippen molar-refractivity contribution in [1.29, 1.82) is 0 Å². The first-order valence-electron chi connectivity index (χ1n) is 9.80. The first-order chi connectivity index (χ1) is 15.5. The van der Waals surface area contributed by atoms with E-state index in [2.05, 4.69) is 5.10 Å². The number of nitrogens with two attached hydrogens (primary N) is 1. The van der Waals surface area contributed by atoms with E-state index in [4.69, 9.17) is 10.3 Å². The second-order valence-corrected chi connectivity index (χ2v) is 8.13. The lowest BCUT2D eigenvalue weighted by molar-refractivity contribution is 0.563. The second kappa shape index (κ2) is 9.35. The van der Waals surface area contributed by atoms with Crippen LogP contribution >= 0.6 is 0 Å². The first kappa shape index (κ1) is 21.8. The van der Waals surface area contributed by atoms with E-state index in [1.165, 1.54) is 16.8 Å². The molecule has 0 radical (unpaired) electrons. The van der Waals surface area contributed by atoms with Crippen LogP contribution in [0.3, 0.4) is 0 Å². The number of halogens is 1. The Morgan fingerprint density at radius 1 is 0.969 bits per heavy atom. The van der Waals surface area contributed by atoms with Crippen molar-refractivity contribution in [2.75, 3.05) is 0 Å². The molecule has 8 heteroatoms. The van der Waals surface area contributed by atoms with Crippen molar-refractivity contribution in [2.24, 2.45) is 5.73 Å². The molecular formula is C24H20FN3O3S. The highest BCUT2D eigenvalue weighted by Gasteiger charge is 2.16. The van der Waals surface area contributed by atoms with Gasteiger partial charge in [-0.1, -0.05) is 48.5 Å². The maximum Gasteiger partial charge on any atom is 0.279 e. The van der Waals surface area contributed by atoms with Crippen LogP contribution in [0.2, 0.25) is 0 Å². The Labute approximate surface area is 186 Å². The topological polar surface area (TPSA) is 98.2 Å². The Hall–Kier alpha value is -3.46. The van der Waals surface area contributed by atoms with Crippen LogP contribution in [0.4, 0.5) is 4.39 Å². The highest BCUT2D eigenvalue weighted by molar-refractivity contribution is 7.78. The lowest BCUT2D eigenvalue weighted by Crippen LogP contribution is -2.23. The molecule has 0 amide bonds. The molecule has 4 rings (SSSR count). The van der Waals surface area contributed by atoms with Crippen LogP contribution in [0, 0.1) is 5.82 Å². The summed E-state index contributed by atoms with van der Waals surface area (Å²) in [6, 6.07) is 20.0. The number of hydrogen-bond donors (Lipinski definition) is 2. The van der Waals surface area contributed by atoms with E-state index in [-0.39, 0.29) is 11.3 Å². The fourth-order valence-corrected chi connectivity index (χ4v) is 3.97. The number of hydrogen-bond acceptors (Lipinski definition) is 4. The quantitative estimate of drug-likeness (QED) is 0.435. The number of nitrogens with zero attached hydrogens (tertiary/aromatic N) is 2. The van der Waals surface area contributed by atoms with Gasteiger partial charge in [-0.3, -0.25) is 4.79 Å². The first-order valence-corrected chi connectivity index (χ1v) is 11.1. The highest BCUT2D eigenvalue weighted by Crippen LogP contribution is 2.29. The molecule has 0 bridgehead atoms. The third-order valence-electron chi connectivity index (χ3n) is 5.06. The third-order valence-corrected chi connectivity index (χ3v) is 5.64. The van der Waals surface area contributed by atoms with Crippen molar-refractivity contribution < 1.29 is 13.2 Å². The van der Waals surface area contributed by atoms with Gasteiger partial charge in [0.2, 0.25) is 0 Å². The van der Waals surface area contributed by atoms with Crippen LogP contribution in [-0.4, -0.2) is 18.5 Å². The normalized spacial score (nSPS) is 12.0. The monoisotopic (exact) mass is 449 g/mol. The molecule has 1 aromatic heterocycles. The lowest BCUT2D eigenvalue weighted by atomic mass is 9.96. The molecule has 0 aliphatic carbocycles. The van der Waals surface area contributed by atoms with E-state index < -0.39 is 16.9 Å². The van der Waals surface area contributed by atoms with E-state index in [0.717, 1.165) is 5.56 Å². The average molecular weight is 450 g/mol. The fourth-order valence-electron chi connectivity index (χ4n) is 3.49. The molecule has 0 saturated heterocycles. The molecule has 0 fully saturated rings. The van der Waals surface area contributed by atoms with Crippen molar-refractivity contribution in [3.63, 3.8) is 0 Å². The van der Waals surface area contributed by atoms with Gasteiger partial charge in [0.15, 0.2) is 11.1 Å². The van der Waals surface area contributed by atoms with E-state index in [1.807, 2.05) is 6.07 Å². The van der Waals surface area contributed by atoms with E-state index in [1.54, 1.807) is 60.8 Å². The third kappa shape index (κ3) is 4.57. The van der Waals surface area contributed by atoms with Crippen LogP contribution in [0.1, 0.15) is 11.1 Å². The molecule has 1 atom stereocenters. The summed E-state index contributed by atoms with van der Waals surface area (Å²) in [5.41, 5.74) is 9.72. The van der Waals surface area contributed by atoms with Crippen LogP contribution in [0.5, 0.6) is 0 Å². The van der Waals surface area contributed by atoms with E-state index in [9.17, 15) is 13.4 Å². The summed E-state index contributed by atoms with van der Waals surface area (Å²) in [6.07, 6.45) is 1.59. The predicted molar refractivity (Wildman–Crippen MR) is 123 cm³/mol. The van der Waals surface area contributed by atoms with Gasteiger partial charge in [-0.05, 0) is 46.5 Å². The number of aromatic nitrogens is 2. The minimum atomic E-state index is -1.94. The van der Waals surface area contributed by atoms with Gasteiger partial charge in [-0.15, -0.1) is 0 Å². The Morgan fingerprint density at radius 3 is 2.31 bits per heavy atom. The fraction of sp³-hybridized carbons (Fsp3) is 0.0833. The van der Waals surface area contributed by atoms with Crippen molar-refractivity contribution in [2.45, 2.75) is 12.3 Å². The van der Waals surface area contributed by atoms with Crippen molar-refractivity contribution >= 4 is 11.1 Å². The molecule has 3 N–H and O–H groups in total. The van der Waals surface area contributed by atoms with Gasteiger partial charge in [0.05, 0.1) is 23.2 Å². The summed E-state index contributed by atoms with van der Waals surface area (Å²) in [5, 5.41) is 4.38. The van der Waals surface area contributed by atoms with Gasteiger partial charge in [0, 0.05) is 12.1 Å². The molecule has 1 unspecified atom stereocenters. The van der Waals surface area contributed by atoms with E-state index >= 15 is 0 Å². The zero-order chi connectivity index (χ0) is 22.7. The van der Waals surface area contributed by atoms with Crippen LogP contribution < -0.4 is 11.3 Å². The van der Waals surface area contributed by atoms with E-state index in [0.29, 0.717) is 40.0 Å². The summed E-state index contributed by atoms with van der Waals surface area (Å²) in [4.78, 5) is 13.6. The van der Waals surface area contributed by atoms with Crippen molar-refractivity contribution in [3.8, 4) is 27.9 Å². The molecule has 162 valence electrons. The minimum absolute atomic E-state index is 0.0163. The molecule has 3 aromatic carbocycles. The molecule has 0 aliphatic rings. The summed E-state index contributed by atoms with van der Waals surface area (Å²) in [6.45, 7) is 0.330. The zero-order valence-corrected chi connectivity index (χ0v) is 17.8. The Balaban J connectivity index is 1.90. The Bertz CT molecular complexity index is 1340. The maximum absolute atomic E-state index is 13.6.